The van der Waals surface area contributed by atoms with Crippen LogP contribution in [0.25, 0.3) is 0 Å². The van der Waals surface area contributed by atoms with Crippen molar-refractivity contribution < 1.29 is 4.79 Å². The lowest BCUT2D eigenvalue weighted by atomic mass is 10.2. The summed E-state index contributed by atoms with van der Waals surface area (Å²) in [7, 11) is 0. The highest BCUT2D eigenvalue weighted by Gasteiger charge is 2.12. The molecule has 2 aromatic carbocycles. The highest BCUT2D eigenvalue weighted by Crippen LogP contribution is 2.34. The van der Waals surface area contributed by atoms with Gasteiger partial charge in [0.1, 0.15) is 0 Å². The molecule has 0 heterocycles. The summed E-state index contributed by atoms with van der Waals surface area (Å²) in [5.74, 6) is 4.96. The lowest BCUT2D eigenvalue weighted by Crippen LogP contribution is -2.13. The Bertz CT molecular complexity index is 624. The van der Waals surface area contributed by atoms with Crippen molar-refractivity contribution in [1.82, 2.24) is 0 Å². The largest absolute Gasteiger partial charge is 0.324 e. The van der Waals surface area contributed by atoms with Gasteiger partial charge >= 0.3 is 0 Å². The minimum absolute atomic E-state index is 0.306. The van der Waals surface area contributed by atoms with Crippen molar-refractivity contribution in [2.24, 2.45) is 5.84 Å². The molecule has 4 N–H and O–H groups in total. The van der Waals surface area contributed by atoms with Gasteiger partial charge in [-0.2, -0.15) is 0 Å². The first-order valence-corrected chi connectivity index (χ1v) is 7.08. The predicted octanol–water partition coefficient (Wildman–Crippen LogP) is 4.29. The zero-order valence-electron chi connectivity index (χ0n) is 10.1. The third-order valence-electron chi connectivity index (χ3n) is 2.56. The van der Waals surface area contributed by atoms with Gasteiger partial charge in [-0.1, -0.05) is 39.1 Å². The van der Waals surface area contributed by atoms with Gasteiger partial charge in [-0.3, -0.25) is 10.6 Å². The number of anilines is 2. The van der Waals surface area contributed by atoms with E-state index in [-0.39, 0.29) is 5.91 Å². The van der Waals surface area contributed by atoms with E-state index >= 15 is 0 Å². The quantitative estimate of drug-likeness (QED) is 0.554. The average Bonchev–Trinajstić information content (AvgIpc) is 2.42. The van der Waals surface area contributed by atoms with Crippen LogP contribution in [0.4, 0.5) is 11.4 Å². The number of hydrazine groups is 1. The molecule has 20 heavy (non-hydrogen) atoms. The number of nitrogens with one attached hydrogen (secondary N) is 2. The molecule has 7 heteroatoms. The molecule has 0 radical (unpaired) electrons. The number of benzene rings is 2. The van der Waals surface area contributed by atoms with Crippen LogP contribution in [0.2, 0.25) is 10.0 Å². The normalized spacial score (nSPS) is 10.2. The van der Waals surface area contributed by atoms with Crippen LogP contribution in [-0.2, 0) is 0 Å². The lowest BCUT2D eigenvalue weighted by molar-refractivity contribution is 0.102. The van der Waals surface area contributed by atoms with Gasteiger partial charge in [0.2, 0.25) is 0 Å². The number of carbonyl (C=O) groups excluding carboxylic acids is 1. The van der Waals surface area contributed by atoms with Gasteiger partial charge in [-0.05, 0) is 36.4 Å². The van der Waals surface area contributed by atoms with Crippen molar-refractivity contribution in [2.45, 2.75) is 0 Å². The summed E-state index contributed by atoms with van der Waals surface area (Å²) >= 11 is 15.4. The van der Waals surface area contributed by atoms with Gasteiger partial charge in [-0.25, -0.2) is 0 Å². The summed E-state index contributed by atoms with van der Waals surface area (Å²) in [6, 6.07) is 9.99. The summed E-state index contributed by atoms with van der Waals surface area (Å²) in [5.41, 5.74) is 4.05. The van der Waals surface area contributed by atoms with E-state index in [1.165, 1.54) is 0 Å². The average molecular weight is 375 g/mol. The molecule has 0 aliphatic rings. The molecular weight excluding hydrogens is 365 g/mol. The van der Waals surface area contributed by atoms with E-state index in [4.69, 9.17) is 29.0 Å². The maximum atomic E-state index is 12.1. The Morgan fingerprint density at radius 3 is 2.15 bits per heavy atom. The Kier molecular flexibility index (Phi) is 4.88. The molecule has 0 unspecified atom stereocenters. The zero-order valence-corrected chi connectivity index (χ0v) is 13.2. The molecule has 0 bridgehead atoms. The lowest BCUT2D eigenvalue weighted by Gasteiger charge is -2.10. The van der Waals surface area contributed by atoms with Crippen molar-refractivity contribution in [3.8, 4) is 0 Å². The van der Waals surface area contributed by atoms with Gasteiger partial charge in [0.15, 0.2) is 0 Å². The molecule has 0 saturated heterocycles. The van der Waals surface area contributed by atoms with Crippen LogP contribution in [-0.4, -0.2) is 5.91 Å². The van der Waals surface area contributed by atoms with E-state index in [9.17, 15) is 4.79 Å². The van der Waals surface area contributed by atoms with Crippen molar-refractivity contribution >= 4 is 56.4 Å². The van der Waals surface area contributed by atoms with E-state index in [2.05, 4.69) is 26.7 Å². The van der Waals surface area contributed by atoms with E-state index in [1.54, 1.807) is 36.4 Å². The first-order valence-electron chi connectivity index (χ1n) is 5.54. The number of nitrogens with two attached hydrogens (primary N) is 1. The Labute approximate surface area is 134 Å². The second kappa shape index (κ2) is 6.45. The van der Waals surface area contributed by atoms with E-state index < -0.39 is 0 Å². The van der Waals surface area contributed by atoms with E-state index in [1.807, 2.05) is 0 Å². The maximum Gasteiger partial charge on any atom is 0.255 e. The van der Waals surface area contributed by atoms with Crippen LogP contribution in [0.1, 0.15) is 10.4 Å². The number of carbonyl (C=O) groups is 1. The van der Waals surface area contributed by atoms with Gasteiger partial charge < -0.3 is 10.7 Å². The smallest absolute Gasteiger partial charge is 0.255 e. The number of rotatable bonds is 3. The van der Waals surface area contributed by atoms with Crippen molar-refractivity contribution in [1.29, 1.82) is 0 Å². The Morgan fingerprint density at radius 1 is 1.10 bits per heavy atom. The molecule has 0 aromatic heterocycles. The van der Waals surface area contributed by atoms with Gasteiger partial charge in [0, 0.05) is 15.7 Å². The fraction of sp³-hybridized carbons (Fsp3) is 0. The number of hydrogen-bond donors (Lipinski definition) is 3. The van der Waals surface area contributed by atoms with Gasteiger partial charge in [0.05, 0.1) is 15.7 Å². The number of hydrogen-bond acceptors (Lipinski definition) is 3. The van der Waals surface area contributed by atoms with Crippen LogP contribution in [0.3, 0.4) is 0 Å². The molecule has 2 aromatic rings. The Balaban J connectivity index is 2.23. The topological polar surface area (TPSA) is 67.1 Å². The first-order chi connectivity index (χ1) is 9.51. The van der Waals surface area contributed by atoms with Gasteiger partial charge in [-0.15, -0.1) is 0 Å². The fourth-order valence-corrected chi connectivity index (χ4v) is 2.87. The second-order valence-corrected chi connectivity index (χ2v) is 5.65. The van der Waals surface area contributed by atoms with Crippen LogP contribution >= 0.6 is 39.1 Å². The monoisotopic (exact) mass is 373 g/mol. The van der Waals surface area contributed by atoms with E-state index in [0.717, 1.165) is 4.47 Å². The molecular formula is C13H10BrCl2N3O. The molecule has 2 rings (SSSR count). The van der Waals surface area contributed by atoms with Crippen molar-refractivity contribution in [3.63, 3.8) is 0 Å². The summed E-state index contributed by atoms with van der Waals surface area (Å²) in [4.78, 5) is 12.1. The molecule has 1 amide bonds. The highest BCUT2D eigenvalue weighted by atomic mass is 79.9. The summed E-state index contributed by atoms with van der Waals surface area (Å²) in [6.07, 6.45) is 0. The third kappa shape index (κ3) is 3.43. The molecule has 0 aliphatic heterocycles. The zero-order chi connectivity index (χ0) is 14.7. The Hall–Kier alpha value is -1.27. The van der Waals surface area contributed by atoms with Crippen LogP contribution in [0.15, 0.2) is 40.9 Å². The molecule has 0 spiro atoms. The van der Waals surface area contributed by atoms with E-state index in [0.29, 0.717) is 27.0 Å². The van der Waals surface area contributed by atoms with Crippen molar-refractivity contribution in [2.75, 3.05) is 10.7 Å². The number of nitrogen functional groups attached to an aromatic ring is 1. The molecule has 0 atom stereocenters. The number of amides is 1. The molecule has 4 nitrogen and oxygen atoms in total. The van der Waals surface area contributed by atoms with Crippen LogP contribution in [0.5, 0.6) is 0 Å². The third-order valence-corrected chi connectivity index (χ3v) is 3.61. The second-order valence-electron chi connectivity index (χ2n) is 3.92. The summed E-state index contributed by atoms with van der Waals surface area (Å²) in [6.45, 7) is 0. The molecule has 104 valence electrons. The van der Waals surface area contributed by atoms with Gasteiger partial charge in [0.25, 0.3) is 5.91 Å². The minimum Gasteiger partial charge on any atom is -0.324 e. The standard InChI is InChI=1S/C13H10BrCl2N3O/c14-8-5-10(15)12(11(16)6-8)18-13(20)7-1-3-9(19-17)4-2-7/h1-6,19H,17H2,(H,18,20). The maximum absolute atomic E-state index is 12.1. The number of halogens is 3. The van der Waals surface area contributed by atoms with Crippen LogP contribution in [0, 0.1) is 0 Å². The summed E-state index contributed by atoms with van der Waals surface area (Å²) < 4.78 is 0.740. The molecule has 0 saturated carbocycles. The Morgan fingerprint density at radius 2 is 1.65 bits per heavy atom. The summed E-state index contributed by atoms with van der Waals surface area (Å²) in [5, 5.41) is 3.40. The first kappa shape index (κ1) is 15.1. The van der Waals surface area contributed by atoms with Crippen molar-refractivity contribution in [3.05, 3.63) is 56.5 Å². The minimum atomic E-state index is -0.306. The molecule has 0 fully saturated rings. The SMILES string of the molecule is NNc1ccc(C(=O)Nc2c(Cl)cc(Br)cc2Cl)cc1. The fourth-order valence-electron chi connectivity index (χ4n) is 1.57. The molecule has 0 aliphatic carbocycles. The highest BCUT2D eigenvalue weighted by molar-refractivity contribution is 9.10. The predicted molar refractivity (Wildman–Crippen MR) is 86.4 cm³/mol. The van der Waals surface area contributed by atoms with Crippen LogP contribution < -0.4 is 16.6 Å².